The Balaban J connectivity index is 2.23. The normalized spacial score (nSPS) is 11.4. The van der Waals surface area contributed by atoms with Gasteiger partial charge in [0, 0.05) is 12.0 Å². The van der Waals surface area contributed by atoms with Gasteiger partial charge in [-0.2, -0.15) is 5.10 Å². The van der Waals surface area contributed by atoms with Crippen LogP contribution >= 0.6 is 11.6 Å². The number of ether oxygens (including phenoxy) is 2. The molecule has 10 heteroatoms. The summed E-state index contributed by atoms with van der Waals surface area (Å²) in [5, 5.41) is 22.2. The number of amides is 1. The third-order valence-corrected chi connectivity index (χ3v) is 4.26. The smallest absolute Gasteiger partial charge is 0.321 e. The van der Waals surface area contributed by atoms with Crippen molar-refractivity contribution < 1.29 is 29.3 Å². The topological polar surface area (TPSA) is 143 Å². The minimum Gasteiger partial charge on any atom is -0.506 e. The van der Waals surface area contributed by atoms with Crippen LogP contribution in [0, 0.1) is 11.8 Å². The summed E-state index contributed by atoms with van der Waals surface area (Å²) in [6.07, 6.45) is 1.32. The third kappa shape index (κ3) is 6.37. The number of phenolic OH excluding ortho intramolecular Hbond substituents is 1. The van der Waals surface area contributed by atoms with Crippen molar-refractivity contribution in [1.82, 2.24) is 5.43 Å². The molecule has 1 atom stereocenters. The zero-order chi connectivity index (χ0) is 23.0. The fourth-order valence-corrected chi connectivity index (χ4v) is 2.56. The summed E-state index contributed by atoms with van der Waals surface area (Å²) in [4.78, 5) is 23.0. The molecule has 0 saturated carbocycles. The van der Waals surface area contributed by atoms with Gasteiger partial charge in [-0.25, -0.2) is 5.43 Å². The average molecular weight is 446 g/mol. The van der Waals surface area contributed by atoms with Gasteiger partial charge in [-0.05, 0) is 35.9 Å². The summed E-state index contributed by atoms with van der Waals surface area (Å²) in [6, 6.07) is 6.17. The van der Waals surface area contributed by atoms with Gasteiger partial charge in [0.2, 0.25) is 0 Å². The standard InChI is InChI=1S/C21H20ClN3O6/c1-30-18-9-12(8-13(19(18)31-2)4-3-5-16(23)21(28)29)11-24-25-20(27)14-6-7-17(26)15(22)10-14/h6-11,16,26H,5,23H2,1-2H3,(H,25,27)(H,28,29). The molecule has 0 spiro atoms. The van der Waals surface area contributed by atoms with Crippen LogP contribution in [-0.2, 0) is 4.79 Å². The molecule has 1 amide bonds. The maximum atomic E-state index is 12.2. The van der Waals surface area contributed by atoms with Crippen molar-refractivity contribution >= 4 is 29.7 Å². The van der Waals surface area contributed by atoms with E-state index in [4.69, 9.17) is 31.9 Å². The van der Waals surface area contributed by atoms with E-state index in [1.165, 1.54) is 38.6 Å². The first-order valence-electron chi connectivity index (χ1n) is 8.82. The number of hydrazone groups is 1. The first-order valence-corrected chi connectivity index (χ1v) is 9.19. The van der Waals surface area contributed by atoms with E-state index in [1.807, 2.05) is 0 Å². The number of nitrogens with one attached hydrogen (secondary N) is 1. The molecule has 2 aromatic rings. The Morgan fingerprint density at radius 1 is 1.29 bits per heavy atom. The molecule has 0 fully saturated rings. The molecule has 31 heavy (non-hydrogen) atoms. The molecule has 0 aliphatic carbocycles. The summed E-state index contributed by atoms with van der Waals surface area (Å²) in [6.45, 7) is 0. The lowest BCUT2D eigenvalue weighted by Crippen LogP contribution is -2.29. The van der Waals surface area contributed by atoms with E-state index in [2.05, 4.69) is 22.4 Å². The quantitative estimate of drug-likeness (QED) is 0.290. The molecule has 5 N–H and O–H groups in total. The number of nitrogens with two attached hydrogens (primary N) is 1. The Bertz CT molecular complexity index is 1070. The Hall–Kier alpha value is -3.74. The van der Waals surface area contributed by atoms with E-state index in [-0.39, 0.29) is 22.8 Å². The van der Waals surface area contributed by atoms with Crippen LogP contribution in [0.15, 0.2) is 35.4 Å². The van der Waals surface area contributed by atoms with E-state index in [1.54, 1.807) is 12.1 Å². The van der Waals surface area contributed by atoms with E-state index in [0.29, 0.717) is 22.6 Å². The number of methoxy groups -OCH3 is 2. The molecule has 9 nitrogen and oxygen atoms in total. The van der Waals surface area contributed by atoms with Crippen LogP contribution in [0.3, 0.4) is 0 Å². The van der Waals surface area contributed by atoms with Crippen LogP contribution in [0.1, 0.15) is 27.9 Å². The van der Waals surface area contributed by atoms with Gasteiger partial charge >= 0.3 is 5.97 Å². The van der Waals surface area contributed by atoms with Crippen molar-refractivity contribution in [3.8, 4) is 29.1 Å². The van der Waals surface area contributed by atoms with Crippen LogP contribution in [0.2, 0.25) is 5.02 Å². The summed E-state index contributed by atoms with van der Waals surface area (Å²) in [7, 11) is 2.90. The predicted octanol–water partition coefficient (Wildman–Crippen LogP) is 1.98. The second-order valence-electron chi connectivity index (χ2n) is 6.12. The number of carboxylic acids is 1. The van der Waals surface area contributed by atoms with Gasteiger partial charge in [0.25, 0.3) is 5.91 Å². The second kappa shape index (κ2) is 10.9. The number of carbonyl (C=O) groups excluding carboxylic acids is 1. The Morgan fingerprint density at radius 2 is 2.03 bits per heavy atom. The summed E-state index contributed by atoms with van der Waals surface area (Å²) in [5.41, 5.74) is 8.99. The number of phenols is 1. The van der Waals surface area contributed by atoms with Crippen molar-refractivity contribution in [2.45, 2.75) is 12.5 Å². The Morgan fingerprint density at radius 3 is 2.65 bits per heavy atom. The lowest BCUT2D eigenvalue weighted by atomic mass is 10.1. The maximum Gasteiger partial charge on any atom is 0.321 e. The fraction of sp³-hybridized carbons (Fsp3) is 0.190. The number of aromatic hydroxyl groups is 1. The number of carbonyl (C=O) groups is 2. The molecule has 0 aliphatic heterocycles. The molecule has 2 rings (SSSR count). The van der Waals surface area contributed by atoms with Gasteiger partial charge in [-0.15, -0.1) is 0 Å². The molecule has 0 radical (unpaired) electrons. The monoisotopic (exact) mass is 445 g/mol. The van der Waals surface area contributed by atoms with Gasteiger partial charge in [-0.1, -0.05) is 23.4 Å². The SMILES string of the molecule is COc1cc(C=NNC(=O)c2ccc(O)c(Cl)c2)cc(C#CCC(N)C(=O)O)c1OC. The lowest BCUT2D eigenvalue weighted by molar-refractivity contribution is -0.138. The highest BCUT2D eigenvalue weighted by Gasteiger charge is 2.12. The molecule has 0 heterocycles. The molecule has 162 valence electrons. The summed E-state index contributed by atoms with van der Waals surface area (Å²) < 4.78 is 10.6. The van der Waals surface area contributed by atoms with Crippen molar-refractivity contribution in [2.24, 2.45) is 10.8 Å². The van der Waals surface area contributed by atoms with E-state index in [9.17, 15) is 14.7 Å². The third-order valence-electron chi connectivity index (χ3n) is 3.95. The number of benzene rings is 2. The zero-order valence-corrected chi connectivity index (χ0v) is 17.4. The zero-order valence-electron chi connectivity index (χ0n) is 16.7. The van der Waals surface area contributed by atoms with E-state index < -0.39 is 17.9 Å². The van der Waals surface area contributed by atoms with Crippen LogP contribution in [-0.4, -0.2) is 48.6 Å². The van der Waals surface area contributed by atoms with Crippen LogP contribution in [0.4, 0.5) is 0 Å². The largest absolute Gasteiger partial charge is 0.506 e. The van der Waals surface area contributed by atoms with Crippen molar-refractivity contribution in [1.29, 1.82) is 0 Å². The number of halogens is 1. The average Bonchev–Trinajstić information content (AvgIpc) is 2.74. The van der Waals surface area contributed by atoms with E-state index >= 15 is 0 Å². The van der Waals surface area contributed by atoms with Gasteiger partial charge in [0.05, 0.1) is 31.0 Å². The first-order chi connectivity index (χ1) is 14.8. The number of hydrogen-bond acceptors (Lipinski definition) is 7. The number of hydrogen-bond donors (Lipinski definition) is 4. The Labute approximate surface area is 183 Å². The second-order valence-corrected chi connectivity index (χ2v) is 6.53. The fourth-order valence-electron chi connectivity index (χ4n) is 2.37. The lowest BCUT2D eigenvalue weighted by Gasteiger charge is -2.10. The van der Waals surface area contributed by atoms with E-state index in [0.717, 1.165) is 0 Å². The summed E-state index contributed by atoms with van der Waals surface area (Å²) in [5.74, 6) is 4.44. The van der Waals surface area contributed by atoms with Gasteiger partial charge in [0.15, 0.2) is 11.5 Å². The minimum absolute atomic E-state index is 0.0438. The van der Waals surface area contributed by atoms with Gasteiger partial charge in [0.1, 0.15) is 11.8 Å². The molecular formula is C21H20ClN3O6. The number of nitrogens with zero attached hydrogens (tertiary/aromatic N) is 1. The molecule has 0 aliphatic rings. The molecule has 1 unspecified atom stereocenters. The molecule has 0 saturated heterocycles. The Kier molecular flexibility index (Phi) is 8.25. The van der Waals surface area contributed by atoms with Gasteiger partial charge < -0.3 is 25.4 Å². The molecular weight excluding hydrogens is 426 g/mol. The summed E-state index contributed by atoms with van der Waals surface area (Å²) >= 11 is 5.80. The molecule has 0 aromatic heterocycles. The highest BCUT2D eigenvalue weighted by atomic mass is 35.5. The molecule has 0 bridgehead atoms. The number of aliphatic carboxylic acids is 1. The van der Waals surface area contributed by atoms with Crippen molar-refractivity contribution in [3.63, 3.8) is 0 Å². The first kappa shape index (κ1) is 23.5. The van der Waals surface area contributed by atoms with Crippen LogP contribution in [0.5, 0.6) is 17.2 Å². The van der Waals surface area contributed by atoms with Crippen LogP contribution in [0.25, 0.3) is 0 Å². The van der Waals surface area contributed by atoms with Crippen molar-refractivity contribution in [3.05, 3.63) is 52.0 Å². The van der Waals surface area contributed by atoms with Crippen molar-refractivity contribution in [2.75, 3.05) is 14.2 Å². The molecule has 2 aromatic carbocycles. The number of rotatable bonds is 7. The van der Waals surface area contributed by atoms with Crippen LogP contribution < -0.4 is 20.6 Å². The highest BCUT2D eigenvalue weighted by Crippen LogP contribution is 2.31. The number of carboxylic acid groups (broad SMARTS) is 1. The minimum atomic E-state index is -1.15. The van der Waals surface area contributed by atoms with Gasteiger partial charge in [-0.3, -0.25) is 9.59 Å². The predicted molar refractivity (Wildman–Crippen MR) is 115 cm³/mol. The highest BCUT2D eigenvalue weighted by molar-refractivity contribution is 6.32. The maximum absolute atomic E-state index is 12.2.